The van der Waals surface area contributed by atoms with Crippen LogP contribution in [0.4, 0.5) is 0 Å². The van der Waals surface area contributed by atoms with Gasteiger partial charge in [-0.1, -0.05) is 65.7 Å². The zero-order chi connectivity index (χ0) is 45.0. The van der Waals surface area contributed by atoms with Crippen LogP contribution in [-0.4, -0.2) is 154 Å². The summed E-state index contributed by atoms with van der Waals surface area (Å²) in [6.07, 6.45) is 1.27. The number of aliphatic hydroxyl groups is 5. The highest BCUT2D eigenvalue weighted by molar-refractivity contribution is 5.73. The van der Waals surface area contributed by atoms with Crippen molar-refractivity contribution < 1.29 is 58.7 Å². The maximum Gasteiger partial charge on any atom is 0.311 e. The summed E-state index contributed by atoms with van der Waals surface area (Å²) in [5.41, 5.74) is -5.77. The van der Waals surface area contributed by atoms with E-state index in [2.05, 4.69) is 5.32 Å². The van der Waals surface area contributed by atoms with Crippen molar-refractivity contribution in [3.8, 4) is 0 Å². The molecule has 1 saturated carbocycles. The number of methoxy groups -OCH3 is 1. The lowest BCUT2D eigenvalue weighted by Gasteiger charge is -2.54. The van der Waals surface area contributed by atoms with Gasteiger partial charge >= 0.3 is 5.97 Å². The van der Waals surface area contributed by atoms with Gasteiger partial charge in [-0.3, -0.25) is 4.79 Å². The lowest BCUT2D eigenvalue weighted by molar-refractivity contribution is -0.338. The van der Waals surface area contributed by atoms with Crippen LogP contribution in [-0.2, 0) is 33.2 Å². The highest BCUT2D eigenvalue weighted by Crippen LogP contribution is 2.46. The number of likely N-dealkylation sites (N-methyl/N-ethyl adjacent to an activating group) is 1. The monoisotopic (exact) mass is 859 g/mol. The number of hydrogen-bond acceptors (Lipinski definition) is 14. The van der Waals surface area contributed by atoms with Gasteiger partial charge in [0.05, 0.1) is 42.0 Å². The minimum Gasteiger partial charge on any atom is -0.459 e. The Morgan fingerprint density at radius 1 is 0.917 bits per heavy atom. The van der Waals surface area contributed by atoms with Gasteiger partial charge in [-0.2, -0.15) is 0 Å². The van der Waals surface area contributed by atoms with E-state index in [1.54, 1.807) is 27.9 Å². The Balaban J connectivity index is 1.74. The lowest BCUT2D eigenvalue weighted by atomic mass is 9.72. The first-order chi connectivity index (χ1) is 27.9. The molecule has 4 aliphatic rings. The van der Waals surface area contributed by atoms with E-state index >= 15 is 0 Å². The molecule has 1 aliphatic carbocycles. The van der Waals surface area contributed by atoms with Gasteiger partial charge < -0.3 is 64.2 Å². The van der Waals surface area contributed by atoms with E-state index in [0.717, 1.165) is 12.8 Å². The van der Waals surface area contributed by atoms with Crippen molar-refractivity contribution in [2.24, 2.45) is 23.7 Å². The standard InChI is InChI=1S/C46H86N2O12/c1-14-35-45(10,53)39(50)27(2)26-47-28(3)24-43(8,52)40(60-42-37(49)34(48(11)12)23-29(4)56-42)30(5)38(31(6)41(51)58-35)59-36-25-44(9,55-13)46(54,32(7)57-36)22-18-21-33-19-16-15-17-20-33/h27-40,42,47,49-50,52-54H,14-26H2,1-13H3/t27-,28-,29-,30-,31-,32+,34+,35+,36?,37-,38-,39+,40-,42+,43-,44-,45-,46+/m1/s1. The smallest absolute Gasteiger partial charge is 0.311 e. The van der Waals surface area contributed by atoms with E-state index in [0.29, 0.717) is 25.3 Å². The van der Waals surface area contributed by atoms with E-state index in [-0.39, 0.29) is 37.5 Å². The van der Waals surface area contributed by atoms with Crippen LogP contribution in [0.2, 0.25) is 0 Å². The normalized spacial score (nSPS) is 47.4. The van der Waals surface area contributed by atoms with Gasteiger partial charge in [0.25, 0.3) is 0 Å². The van der Waals surface area contributed by atoms with E-state index in [1.165, 1.54) is 39.0 Å². The van der Waals surface area contributed by atoms with Gasteiger partial charge in [-0.05, 0) is 100 Å². The van der Waals surface area contributed by atoms with Crippen molar-refractivity contribution >= 4 is 5.97 Å². The highest BCUT2D eigenvalue weighted by Gasteiger charge is 2.58. The molecule has 3 heterocycles. The van der Waals surface area contributed by atoms with E-state index in [4.69, 9.17) is 28.4 Å². The fourth-order valence-corrected chi connectivity index (χ4v) is 11.0. The van der Waals surface area contributed by atoms with Crippen molar-refractivity contribution in [1.82, 2.24) is 10.2 Å². The fourth-order valence-electron chi connectivity index (χ4n) is 11.0. The van der Waals surface area contributed by atoms with Crippen LogP contribution in [0.3, 0.4) is 0 Å². The van der Waals surface area contributed by atoms with E-state index in [9.17, 15) is 30.3 Å². The maximum absolute atomic E-state index is 14.4. The summed E-state index contributed by atoms with van der Waals surface area (Å²) in [6, 6.07) is -0.578. The Bertz CT molecular complexity index is 1330. The van der Waals surface area contributed by atoms with Crippen LogP contribution >= 0.6 is 0 Å². The number of esters is 1. The van der Waals surface area contributed by atoms with E-state index in [1.807, 2.05) is 60.5 Å². The van der Waals surface area contributed by atoms with Crippen LogP contribution in [0.25, 0.3) is 0 Å². The van der Waals surface area contributed by atoms with Crippen molar-refractivity contribution in [1.29, 1.82) is 0 Å². The summed E-state index contributed by atoms with van der Waals surface area (Å²) in [6.45, 7) is 18.2. The van der Waals surface area contributed by atoms with Crippen molar-refractivity contribution in [3.63, 3.8) is 0 Å². The number of nitrogens with zero attached hydrogens (tertiary/aromatic N) is 1. The largest absolute Gasteiger partial charge is 0.459 e. The molecule has 0 aromatic heterocycles. The van der Waals surface area contributed by atoms with Crippen molar-refractivity contribution in [2.75, 3.05) is 27.7 Å². The first kappa shape index (κ1) is 51.6. The molecule has 14 nitrogen and oxygen atoms in total. The molecule has 0 aromatic carbocycles. The molecule has 0 amide bonds. The average molecular weight is 859 g/mol. The second-order valence-electron chi connectivity index (χ2n) is 20.4. The Labute approximate surface area is 361 Å². The third-order valence-electron chi connectivity index (χ3n) is 15.1. The number of ether oxygens (including phenoxy) is 6. The minimum atomic E-state index is -1.79. The molecule has 18 atom stereocenters. The number of cyclic esters (lactones) is 1. The molecular formula is C46H86N2O12. The molecule has 4 fully saturated rings. The zero-order valence-electron chi connectivity index (χ0n) is 39.4. The predicted molar refractivity (Wildman–Crippen MR) is 229 cm³/mol. The molecule has 4 rings (SSSR count). The third kappa shape index (κ3) is 11.8. The van der Waals surface area contributed by atoms with Crippen LogP contribution in [0.5, 0.6) is 0 Å². The van der Waals surface area contributed by atoms with Gasteiger partial charge in [-0.15, -0.1) is 0 Å². The summed E-state index contributed by atoms with van der Waals surface area (Å²) in [4.78, 5) is 16.4. The molecule has 0 bridgehead atoms. The Morgan fingerprint density at radius 3 is 2.17 bits per heavy atom. The Morgan fingerprint density at radius 2 is 1.57 bits per heavy atom. The summed E-state index contributed by atoms with van der Waals surface area (Å²) in [5.74, 6) is -2.24. The first-order valence-corrected chi connectivity index (χ1v) is 23.2. The quantitative estimate of drug-likeness (QED) is 0.157. The summed E-state index contributed by atoms with van der Waals surface area (Å²) >= 11 is 0. The van der Waals surface area contributed by atoms with Crippen LogP contribution in [0, 0.1) is 23.7 Å². The molecule has 3 aliphatic heterocycles. The number of rotatable bonds is 11. The fraction of sp³-hybridized carbons (Fsp3) is 0.978. The number of carbonyl (C=O) groups excluding carboxylic acids is 1. The van der Waals surface area contributed by atoms with Gasteiger partial charge in [0.2, 0.25) is 0 Å². The van der Waals surface area contributed by atoms with Crippen LogP contribution in [0.1, 0.15) is 146 Å². The van der Waals surface area contributed by atoms with Crippen LogP contribution < -0.4 is 5.32 Å². The van der Waals surface area contributed by atoms with Gasteiger partial charge in [-0.25, -0.2) is 0 Å². The van der Waals surface area contributed by atoms with Gasteiger partial charge in [0.1, 0.15) is 29.0 Å². The summed E-state index contributed by atoms with van der Waals surface area (Å²) < 4.78 is 38.8. The molecule has 1 unspecified atom stereocenters. The molecule has 14 heteroatoms. The van der Waals surface area contributed by atoms with Crippen molar-refractivity contribution in [3.05, 3.63) is 0 Å². The van der Waals surface area contributed by atoms with Crippen molar-refractivity contribution in [2.45, 2.75) is 236 Å². The van der Waals surface area contributed by atoms with Gasteiger partial charge in [0, 0.05) is 38.1 Å². The van der Waals surface area contributed by atoms with E-state index < -0.39 is 95.3 Å². The predicted octanol–water partition coefficient (Wildman–Crippen LogP) is 4.68. The third-order valence-corrected chi connectivity index (χ3v) is 15.1. The number of hydrogen-bond donors (Lipinski definition) is 6. The summed E-state index contributed by atoms with van der Waals surface area (Å²) in [5, 5.41) is 63.3. The van der Waals surface area contributed by atoms with Gasteiger partial charge in [0.15, 0.2) is 12.6 Å². The first-order valence-electron chi connectivity index (χ1n) is 23.2. The molecule has 0 spiro atoms. The highest BCUT2D eigenvalue weighted by atomic mass is 16.7. The summed E-state index contributed by atoms with van der Waals surface area (Å²) in [7, 11) is 5.38. The second-order valence-corrected chi connectivity index (χ2v) is 20.4. The number of nitrogens with one attached hydrogen (secondary N) is 1. The SMILES string of the molecule is CC[C@@H]1OC(=O)[C@H](C)[C@H](OC2C[C@@](C)(OC)[C@](O)(CCCC3CCCCC3)[C@H](C)O2)[C@@H](C)[C@@H](O[C@@H]2O[C@H](C)C[C@H](N(C)C)[C@H]2O)[C@](C)(O)C[C@@H](C)NC[C@@H](C)[C@H](O)[C@]1(C)O. The molecular weight excluding hydrogens is 773 g/mol. The molecule has 6 N–H and O–H groups in total. The minimum absolute atomic E-state index is 0.143. The molecule has 60 heavy (non-hydrogen) atoms. The number of carbonyl (C=O) groups is 1. The zero-order valence-corrected chi connectivity index (χ0v) is 39.4. The molecule has 3 saturated heterocycles. The average Bonchev–Trinajstić information content (AvgIpc) is 3.19. The topological polar surface area (TPSA) is 189 Å². The Kier molecular flexibility index (Phi) is 18.3. The van der Waals surface area contributed by atoms with Crippen LogP contribution in [0.15, 0.2) is 0 Å². The molecule has 0 aromatic rings. The Hall–Kier alpha value is -1.01. The molecule has 352 valence electrons. The lowest BCUT2D eigenvalue weighted by Crippen LogP contribution is -2.66. The molecule has 0 radical (unpaired) electrons. The maximum atomic E-state index is 14.4. The second kappa shape index (κ2) is 21.3. The number of aliphatic hydroxyl groups excluding tert-OH is 2.